The Hall–Kier alpha value is -2.62. The van der Waals surface area contributed by atoms with Gasteiger partial charge in [-0.2, -0.15) is 19.1 Å². The number of aromatic nitrogens is 2. The van der Waals surface area contributed by atoms with Crippen LogP contribution in [0, 0.1) is 18.3 Å². The molecule has 0 saturated carbocycles. The fourth-order valence-electron chi connectivity index (χ4n) is 1.79. The summed E-state index contributed by atoms with van der Waals surface area (Å²) in [6, 6.07) is 8.08. The van der Waals surface area contributed by atoms with E-state index in [1.54, 1.807) is 30.8 Å². The molecule has 0 fully saturated rings. The number of nitriles is 1. The Bertz CT molecular complexity index is 644. The van der Waals surface area contributed by atoms with E-state index in [0.29, 0.717) is 22.8 Å². The van der Waals surface area contributed by atoms with Gasteiger partial charge in [0.15, 0.2) is 0 Å². The van der Waals surface area contributed by atoms with E-state index >= 15 is 0 Å². The van der Waals surface area contributed by atoms with Gasteiger partial charge in [0.1, 0.15) is 23.2 Å². The molecular weight excluding hydrogens is 266 g/mol. The number of anilines is 2. The lowest BCUT2D eigenvalue weighted by Gasteiger charge is -2.08. The number of ether oxygens (including phenoxy) is 1. The van der Waals surface area contributed by atoms with Crippen molar-refractivity contribution in [1.82, 2.24) is 9.78 Å². The first kappa shape index (κ1) is 13.8. The van der Waals surface area contributed by atoms with Gasteiger partial charge >= 0.3 is 6.61 Å². The zero-order chi connectivity index (χ0) is 14.7. The number of benzene rings is 1. The zero-order valence-electron chi connectivity index (χ0n) is 10.9. The topological polar surface area (TPSA) is 62.9 Å². The standard InChI is InChI=1S/C13H12F2N4O/c1-8-11(7-16)12(19(2)18-8)17-9-3-5-10(6-4-9)20-13(14)15/h3-6,13,17H,1-2H3. The van der Waals surface area contributed by atoms with Gasteiger partial charge in [-0.1, -0.05) is 0 Å². The van der Waals surface area contributed by atoms with Crippen LogP contribution in [0.4, 0.5) is 20.3 Å². The van der Waals surface area contributed by atoms with Crippen molar-refractivity contribution >= 4 is 11.5 Å². The van der Waals surface area contributed by atoms with Gasteiger partial charge in [-0.05, 0) is 31.2 Å². The van der Waals surface area contributed by atoms with E-state index in [1.807, 2.05) is 0 Å². The minimum Gasteiger partial charge on any atom is -0.435 e. The second-order valence-electron chi connectivity index (χ2n) is 4.07. The van der Waals surface area contributed by atoms with Crippen LogP contribution in [0.1, 0.15) is 11.3 Å². The first-order valence-corrected chi connectivity index (χ1v) is 5.77. The van der Waals surface area contributed by atoms with Crippen molar-refractivity contribution in [3.8, 4) is 11.8 Å². The van der Waals surface area contributed by atoms with Crippen LogP contribution in [0.2, 0.25) is 0 Å². The molecule has 0 unspecified atom stereocenters. The summed E-state index contributed by atoms with van der Waals surface area (Å²) in [5.41, 5.74) is 1.71. The molecule has 0 aliphatic carbocycles. The minimum absolute atomic E-state index is 0.0762. The molecule has 1 heterocycles. The molecule has 0 aliphatic rings. The Labute approximate surface area is 114 Å². The molecule has 0 aliphatic heterocycles. The maximum absolute atomic E-state index is 12.0. The summed E-state index contributed by atoms with van der Waals surface area (Å²) in [5.74, 6) is 0.625. The summed E-state index contributed by atoms with van der Waals surface area (Å²) in [7, 11) is 1.71. The van der Waals surface area contributed by atoms with E-state index in [4.69, 9.17) is 5.26 Å². The monoisotopic (exact) mass is 278 g/mol. The highest BCUT2D eigenvalue weighted by Crippen LogP contribution is 2.24. The van der Waals surface area contributed by atoms with Gasteiger partial charge in [-0.25, -0.2) is 0 Å². The molecule has 1 aromatic carbocycles. The van der Waals surface area contributed by atoms with Crippen LogP contribution in [0.3, 0.4) is 0 Å². The van der Waals surface area contributed by atoms with Crippen molar-refractivity contribution in [1.29, 1.82) is 5.26 Å². The van der Waals surface area contributed by atoms with E-state index in [0.717, 1.165) is 0 Å². The van der Waals surface area contributed by atoms with Crippen molar-refractivity contribution in [2.75, 3.05) is 5.32 Å². The van der Waals surface area contributed by atoms with E-state index < -0.39 is 6.61 Å². The average molecular weight is 278 g/mol. The van der Waals surface area contributed by atoms with E-state index in [1.165, 1.54) is 12.1 Å². The molecule has 2 aromatic rings. The number of hydrogen-bond acceptors (Lipinski definition) is 4. The number of hydrogen-bond donors (Lipinski definition) is 1. The fourth-order valence-corrected chi connectivity index (χ4v) is 1.79. The molecule has 2 rings (SSSR count). The first-order chi connectivity index (χ1) is 9.51. The van der Waals surface area contributed by atoms with E-state index in [9.17, 15) is 8.78 Å². The lowest BCUT2D eigenvalue weighted by Crippen LogP contribution is -2.02. The molecule has 5 nitrogen and oxygen atoms in total. The summed E-state index contributed by atoms with van der Waals surface area (Å²) >= 11 is 0. The minimum atomic E-state index is -2.85. The number of halogens is 2. The molecular formula is C13H12F2N4O. The summed E-state index contributed by atoms with van der Waals surface area (Å²) < 4.78 is 29.9. The predicted molar refractivity (Wildman–Crippen MR) is 69.0 cm³/mol. The molecule has 0 spiro atoms. The van der Waals surface area contributed by atoms with Gasteiger partial charge in [0.25, 0.3) is 0 Å². The van der Waals surface area contributed by atoms with Crippen molar-refractivity contribution in [3.63, 3.8) is 0 Å². The normalized spacial score (nSPS) is 10.4. The van der Waals surface area contributed by atoms with Gasteiger partial charge in [0.2, 0.25) is 0 Å². The second kappa shape index (κ2) is 5.57. The van der Waals surface area contributed by atoms with Crippen LogP contribution >= 0.6 is 0 Å². The molecule has 1 aromatic heterocycles. The third kappa shape index (κ3) is 2.85. The fraction of sp³-hybridized carbons (Fsp3) is 0.231. The molecule has 7 heteroatoms. The second-order valence-corrected chi connectivity index (χ2v) is 4.07. The lowest BCUT2D eigenvalue weighted by atomic mass is 10.2. The number of aryl methyl sites for hydroxylation is 2. The summed E-state index contributed by atoms with van der Waals surface area (Å²) in [5, 5.41) is 16.3. The Morgan fingerprint density at radius 1 is 1.35 bits per heavy atom. The molecule has 0 atom stereocenters. The number of nitrogens with zero attached hydrogens (tertiary/aromatic N) is 3. The van der Waals surface area contributed by atoms with Crippen LogP contribution in [0.15, 0.2) is 24.3 Å². The van der Waals surface area contributed by atoms with Crippen LogP contribution in [0.25, 0.3) is 0 Å². The molecule has 0 bridgehead atoms. The third-order valence-electron chi connectivity index (χ3n) is 2.68. The smallest absolute Gasteiger partial charge is 0.387 e. The molecule has 0 saturated heterocycles. The first-order valence-electron chi connectivity index (χ1n) is 5.77. The van der Waals surface area contributed by atoms with Crippen LogP contribution in [0.5, 0.6) is 5.75 Å². The van der Waals surface area contributed by atoms with Crippen LogP contribution in [-0.4, -0.2) is 16.4 Å². The van der Waals surface area contributed by atoms with Crippen molar-refractivity contribution in [2.24, 2.45) is 7.05 Å². The van der Waals surface area contributed by atoms with Crippen LogP contribution < -0.4 is 10.1 Å². The molecule has 1 N–H and O–H groups in total. The van der Waals surface area contributed by atoms with Crippen LogP contribution in [-0.2, 0) is 7.05 Å². The number of rotatable bonds is 4. The Morgan fingerprint density at radius 3 is 2.55 bits per heavy atom. The Morgan fingerprint density at radius 2 is 2.00 bits per heavy atom. The highest BCUT2D eigenvalue weighted by atomic mass is 19.3. The van der Waals surface area contributed by atoms with E-state index in [2.05, 4.69) is 21.2 Å². The Kier molecular flexibility index (Phi) is 3.84. The highest BCUT2D eigenvalue weighted by molar-refractivity contribution is 5.64. The predicted octanol–water partition coefficient (Wildman–Crippen LogP) is 2.95. The van der Waals surface area contributed by atoms with Crippen molar-refractivity contribution in [3.05, 3.63) is 35.5 Å². The summed E-state index contributed by atoms with van der Waals surface area (Å²) in [6.45, 7) is -1.11. The quantitative estimate of drug-likeness (QED) is 0.934. The average Bonchev–Trinajstić information content (AvgIpc) is 2.65. The number of nitrogens with one attached hydrogen (secondary N) is 1. The van der Waals surface area contributed by atoms with Gasteiger partial charge in [-0.3, -0.25) is 4.68 Å². The summed E-state index contributed by atoms with van der Waals surface area (Å²) in [4.78, 5) is 0. The maximum Gasteiger partial charge on any atom is 0.387 e. The maximum atomic E-state index is 12.0. The largest absolute Gasteiger partial charge is 0.435 e. The molecule has 0 radical (unpaired) electrons. The SMILES string of the molecule is Cc1nn(C)c(Nc2ccc(OC(F)F)cc2)c1C#N. The number of alkyl halides is 2. The highest BCUT2D eigenvalue weighted by Gasteiger charge is 2.13. The van der Waals surface area contributed by atoms with Crippen molar-refractivity contribution in [2.45, 2.75) is 13.5 Å². The lowest BCUT2D eigenvalue weighted by molar-refractivity contribution is -0.0498. The third-order valence-corrected chi connectivity index (χ3v) is 2.68. The zero-order valence-corrected chi connectivity index (χ0v) is 10.9. The molecule has 0 amide bonds. The van der Waals surface area contributed by atoms with E-state index in [-0.39, 0.29) is 5.75 Å². The van der Waals surface area contributed by atoms with Gasteiger partial charge in [0, 0.05) is 12.7 Å². The van der Waals surface area contributed by atoms with Gasteiger partial charge in [0.05, 0.1) is 5.69 Å². The molecule has 20 heavy (non-hydrogen) atoms. The Balaban J connectivity index is 2.21. The van der Waals surface area contributed by atoms with Crippen molar-refractivity contribution < 1.29 is 13.5 Å². The molecule has 104 valence electrons. The van der Waals surface area contributed by atoms with Gasteiger partial charge in [-0.15, -0.1) is 0 Å². The van der Waals surface area contributed by atoms with Gasteiger partial charge < -0.3 is 10.1 Å². The summed E-state index contributed by atoms with van der Waals surface area (Å²) in [6.07, 6.45) is 0.